The summed E-state index contributed by atoms with van der Waals surface area (Å²) in [6.07, 6.45) is 2.01. The average Bonchev–Trinajstić information content (AvgIpc) is 2.86. The van der Waals surface area contributed by atoms with E-state index in [4.69, 9.17) is 0 Å². The molecule has 0 aromatic heterocycles. The normalized spacial score (nSPS) is 18.9. The van der Waals surface area contributed by atoms with Crippen LogP contribution in [0.5, 0.6) is 0 Å². The second-order valence-corrected chi connectivity index (χ2v) is 4.79. The Morgan fingerprint density at radius 1 is 1.29 bits per heavy atom. The molecule has 5 nitrogen and oxygen atoms in total. The standard InChI is InChI=1S/C11H14BrN5/c12-9-7(17-11-15-5-6-16-11)1-2-8-10(9)14-4-3-13-8/h1-2,4,11,13,15-17H,3,5-6H2. The molecule has 2 aliphatic rings. The van der Waals surface area contributed by atoms with Gasteiger partial charge >= 0.3 is 0 Å². The first-order valence-corrected chi connectivity index (χ1v) is 6.46. The van der Waals surface area contributed by atoms with Crippen LogP contribution in [-0.2, 0) is 0 Å². The van der Waals surface area contributed by atoms with Crippen LogP contribution in [0.15, 0.2) is 21.6 Å². The van der Waals surface area contributed by atoms with Gasteiger partial charge in [-0.2, -0.15) is 0 Å². The average molecular weight is 296 g/mol. The number of nitrogens with zero attached hydrogens (tertiary/aromatic N) is 1. The minimum absolute atomic E-state index is 0.130. The second-order valence-electron chi connectivity index (χ2n) is 4.00. The maximum Gasteiger partial charge on any atom is 0.132 e. The van der Waals surface area contributed by atoms with Gasteiger partial charge in [0.05, 0.1) is 22.4 Å². The molecule has 6 heteroatoms. The quantitative estimate of drug-likeness (QED) is 0.667. The Morgan fingerprint density at radius 3 is 2.94 bits per heavy atom. The highest BCUT2D eigenvalue weighted by atomic mass is 79.9. The topological polar surface area (TPSA) is 60.5 Å². The Bertz CT molecular complexity index is 453. The van der Waals surface area contributed by atoms with Crippen LogP contribution in [0.25, 0.3) is 0 Å². The van der Waals surface area contributed by atoms with Gasteiger partial charge in [0.25, 0.3) is 0 Å². The summed E-state index contributed by atoms with van der Waals surface area (Å²) >= 11 is 3.60. The number of nitrogens with one attached hydrogen (secondary N) is 4. The van der Waals surface area contributed by atoms with Gasteiger partial charge in [0, 0.05) is 19.3 Å². The summed E-state index contributed by atoms with van der Waals surface area (Å²) in [5.41, 5.74) is 3.06. The van der Waals surface area contributed by atoms with Gasteiger partial charge < -0.3 is 10.6 Å². The van der Waals surface area contributed by atoms with Crippen LogP contribution in [0.1, 0.15) is 0 Å². The van der Waals surface area contributed by atoms with Crippen molar-refractivity contribution in [1.29, 1.82) is 0 Å². The number of halogens is 1. The van der Waals surface area contributed by atoms with E-state index in [0.717, 1.165) is 41.2 Å². The lowest BCUT2D eigenvalue weighted by Gasteiger charge is -2.20. The summed E-state index contributed by atoms with van der Waals surface area (Å²) < 4.78 is 0.994. The molecule has 0 atom stereocenters. The first-order valence-electron chi connectivity index (χ1n) is 5.67. The molecule has 0 bridgehead atoms. The van der Waals surface area contributed by atoms with Gasteiger partial charge in [-0.15, -0.1) is 0 Å². The zero-order valence-corrected chi connectivity index (χ0v) is 10.8. The third-order valence-electron chi connectivity index (χ3n) is 2.84. The van der Waals surface area contributed by atoms with Crippen molar-refractivity contribution < 1.29 is 0 Å². The number of aliphatic imine (C=N–C) groups is 1. The van der Waals surface area contributed by atoms with Gasteiger partial charge in [0.15, 0.2) is 0 Å². The Labute approximate surface area is 108 Å². The predicted molar refractivity (Wildman–Crippen MR) is 74.2 cm³/mol. The third-order valence-corrected chi connectivity index (χ3v) is 3.64. The number of hydrogen-bond donors (Lipinski definition) is 4. The van der Waals surface area contributed by atoms with Gasteiger partial charge in [0.2, 0.25) is 0 Å². The van der Waals surface area contributed by atoms with Crippen LogP contribution in [-0.4, -0.2) is 32.1 Å². The summed E-state index contributed by atoms with van der Waals surface area (Å²) in [6, 6.07) is 4.10. The lowest BCUT2D eigenvalue weighted by atomic mass is 10.2. The molecule has 0 radical (unpaired) electrons. The van der Waals surface area contributed by atoms with E-state index in [0.29, 0.717) is 0 Å². The monoisotopic (exact) mass is 295 g/mol. The third kappa shape index (κ3) is 2.15. The van der Waals surface area contributed by atoms with Crippen LogP contribution in [0.4, 0.5) is 17.1 Å². The molecule has 1 saturated heterocycles. The van der Waals surface area contributed by atoms with Crippen molar-refractivity contribution in [2.45, 2.75) is 6.29 Å². The van der Waals surface area contributed by atoms with Crippen LogP contribution in [0.3, 0.4) is 0 Å². The smallest absolute Gasteiger partial charge is 0.132 e. The molecular formula is C11H14BrN5. The molecule has 1 aromatic rings. The van der Waals surface area contributed by atoms with E-state index >= 15 is 0 Å². The predicted octanol–water partition coefficient (Wildman–Crippen LogP) is 1.47. The van der Waals surface area contributed by atoms with Gasteiger partial charge in [-0.3, -0.25) is 15.6 Å². The molecule has 90 valence electrons. The summed E-state index contributed by atoms with van der Waals surface area (Å²) in [4.78, 5) is 4.41. The fraction of sp³-hybridized carbons (Fsp3) is 0.364. The molecule has 0 amide bonds. The van der Waals surface area contributed by atoms with E-state index in [9.17, 15) is 0 Å². The van der Waals surface area contributed by atoms with Crippen LogP contribution >= 0.6 is 15.9 Å². The molecule has 0 unspecified atom stereocenters. The lowest BCUT2D eigenvalue weighted by Crippen LogP contribution is -2.38. The number of anilines is 2. The number of hydrogen-bond acceptors (Lipinski definition) is 5. The van der Waals surface area contributed by atoms with E-state index in [1.165, 1.54) is 0 Å². The van der Waals surface area contributed by atoms with Crippen LogP contribution < -0.4 is 21.3 Å². The van der Waals surface area contributed by atoms with Crippen molar-refractivity contribution in [1.82, 2.24) is 10.6 Å². The highest BCUT2D eigenvalue weighted by Gasteiger charge is 2.17. The molecule has 0 saturated carbocycles. The van der Waals surface area contributed by atoms with E-state index in [2.05, 4.69) is 48.3 Å². The zero-order valence-electron chi connectivity index (χ0n) is 9.26. The van der Waals surface area contributed by atoms with E-state index in [-0.39, 0.29) is 6.29 Å². The summed E-state index contributed by atoms with van der Waals surface area (Å²) in [5, 5.41) is 13.3. The summed E-state index contributed by atoms with van der Waals surface area (Å²) in [6.45, 7) is 2.76. The zero-order chi connectivity index (χ0) is 11.7. The van der Waals surface area contributed by atoms with E-state index < -0.39 is 0 Å². The molecule has 3 rings (SSSR count). The Hall–Kier alpha value is -1.11. The number of fused-ring (bicyclic) bond motifs is 1. The summed E-state index contributed by atoms with van der Waals surface area (Å²) in [7, 11) is 0. The van der Waals surface area contributed by atoms with Crippen molar-refractivity contribution in [2.24, 2.45) is 4.99 Å². The van der Waals surface area contributed by atoms with Gasteiger partial charge in [-0.1, -0.05) is 0 Å². The van der Waals surface area contributed by atoms with Crippen molar-refractivity contribution in [3.63, 3.8) is 0 Å². The van der Waals surface area contributed by atoms with Crippen LogP contribution in [0, 0.1) is 0 Å². The fourth-order valence-electron chi connectivity index (χ4n) is 2.00. The highest BCUT2D eigenvalue weighted by molar-refractivity contribution is 9.10. The molecular weight excluding hydrogens is 282 g/mol. The van der Waals surface area contributed by atoms with E-state index in [1.54, 1.807) is 0 Å². The van der Waals surface area contributed by atoms with Gasteiger partial charge in [0.1, 0.15) is 12.0 Å². The molecule has 1 fully saturated rings. The van der Waals surface area contributed by atoms with Crippen molar-refractivity contribution in [2.75, 3.05) is 30.3 Å². The molecule has 4 N–H and O–H groups in total. The number of rotatable bonds is 2. The molecule has 2 heterocycles. The lowest BCUT2D eigenvalue weighted by molar-refractivity contribution is 0.620. The largest absolute Gasteiger partial charge is 0.378 e. The van der Waals surface area contributed by atoms with Gasteiger partial charge in [-0.25, -0.2) is 0 Å². The Morgan fingerprint density at radius 2 is 2.12 bits per heavy atom. The first-order chi connectivity index (χ1) is 8.34. The number of benzene rings is 1. The maximum absolute atomic E-state index is 4.41. The van der Waals surface area contributed by atoms with Gasteiger partial charge in [-0.05, 0) is 28.1 Å². The first kappa shape index (κ1) is 11.0. The summed E-state index contributed by atoms with van der Waals surface area (Å²) in [5.74, 6) is 0. The molecule has 2 aliphatic heterocycles. The Balaban J connectivity index is 1.88. The van der Waals surface area contributed by atoms with Crippen LogP contribution in [0.2, 0.25) is 0 Å². The minimum Gasteiger partial charge on any atom is -0.378 e. The van der Waals surface area contributed by atoms with Crippen molar-refractivity contribution >= 4 is 39.2 Å². The van der Waals surface area contributed by atoms with E-state index in [1.807, 2.05) is 12.3 Å². The SMILES string of the molecule is Brc1c(NC2NCCN2)ccc2c1N=CCN2. The Kier molecular flexibility index (Phi) is 3.00. The minimum atomic E-state index is 0.130. The fourth-order valence-corrected chi connectivity index (χ4v) is 2.56. The second kappa shape index (κ2) is 4.64. The van der Waals surface area contributed by atoms with Crippen molar-refractivity contribution in [3.05, 3.63) is 16.6 Å². The molecule has 0 spiro atoms. The molecule has 0 aliphatic carbocycles. The molecule has 1 aromatic carbocycles. The van der Waals surface area contributed by atoms with Crippen molar-refractivity contribution in [3.8, 4) is 0 Å². The maximum atomic E-state index is 4.41. The highest BCUT2D eigenvalue weighted by Crippen LogP contribution is 2.40. The molecule has 17 heavy (non-hydrogen) atoms.